The predicted molar refractivity (Wildman–Crippen MR) is 103 cm³/mol. The van der Waals surface area contributed by atoms with Gasteiger partial charge in [-0.05, 0) is 66.6 Å². The molecular weight excluding hydrogens is 397 g/mol. The molecule has 1 aliphatic heterocycles. The Morgan fingerprint density at radius 1 is 1.10 bits per heavy atom. The Hall–Kier alpha value is -3.03. The van der Waals surface area contributed by atoms with Crippen LogP contribution in [0.3, 0.4) is 0 Å². The highest BCUT2D eigenvalue weighted by Crippen LogP contribution is 2.33. The molecule has 1 saturated heterocycles. The summed E-state index contributed by atoms with van der Waals surface area (Å²) in [5, 5.41) is 2.74. The second-order valence-corrected chi connectivity index (χ2v) is 7.55. The van der Waals surface area contributed by atoms with E-state index < -0.39 is 12.4 Å². The van der Waals surface area contributed by atoms with Gasteiger partial charge in [0.05, 0.1) is 0 Å². The predicted octanol–water partition coefficient (Wildman–Crippen LogP) is 3.70. The average Bonchev–Trinajstić information content (AvgIpc) is 3.18. The van der Waals surface area contributed by atoms with Crippen molar-refractivity contribution in [3.63, 3.8) is 0 Å². The molecule has 2 amide bonds. The Kier molecular flexibility index (Phi) is 5.17. The van der Waals surface area contributed by atoms with Crippen molar-refractivity contribution in [2.45, 2.75) is 38.6 Å². The number of fused-ring (bicyclic) bond motifs is 1. The lowest BCUT2D eigenvalue weighted by molar-refractivity contribution is -0.274. The first kappa shape index (κ1) is 20.3. The van der Waals surface area contributed by atoms with Crippen LogP contribution in [-0.2, 0) is 17.6 Å². The summed E-state index contributed by atoms with van der Waals surface area (Å²) in [6.07, 6.45) is -2.04. The Morgan fingerprint density at radius 3 is 2.50 bits per heavy atom. The van der Waals surface area contributed by atoms with Gasteiger partial charge in [-0.2, -0.15) is 0 Å². The SMILES string of the molecule is Cc1ccc(C(=O)N2CCNC(=O)C2c2ccc(OC(F)(F)F)cc2)c2c1CCC2. The lowest BCUT2D eigenvalue weighted by Crippen LogP contribution is -2.52. The summed E-state index contributed by atoms with van der Waals surface area (Å²) in [5.74, 6) is -0.969. The first-order chi connectivity index (χ1) is 14.2. The van der Waals surface area contributed by atoms with Crippen LogP contribution in [0.1, 0.15) is 45.1 Å². The lowest BCUT2D eigenvalue weighted by atomic mass is 9.96. The molecule has 1 fully saturated rings. The summed E-state index contributed by atoms with van der Waals surface area (Å²) in [5.41, 5.74) is 4.43. The molecule has 1 N–H and O–H groups in total. The highest BCUT2D eigenvalue weighted by atomic mass is 19.4. The molecule has 1 aliphatic carbocycles. The summed E-state index contributed by atoms with van der Waals surface area (Å²) < 4.78 is 41.1. The van der Waals surface area contributed by atoms with E-state index in [2.05, 4.69) is 10.1 Å². The van der Waals surface area contributed by atoms with Gasteiger partial charge in [-0.3, -0.25) is 9.59 Å². The van der Waals surface area contributed by atoms with Crippen LogP contribution in [-0.4, -0.2) is 36.2 Å². The van der Waals surface area contributed by atoms with Crippen molar-refractivity contribution in [3.8, 4) is 5.75 Å². The molecule has 0 spiro atoms. The van der Waals surface area contributed by atoms with Crippen molar-refractivity contribution in [1.29, 1.82) is 0 Å². The van der Waals surface area contributed by atoms with E-state index in [9.17, 15) is 22.8 Å². The number of nitrogens with one attached hydrogen (secondary N) is 1. The van der Waals surface area contributed by atoms with Crippen LogP contribution in [0.4, 0.5) is 13.2 Å². The fourth-order valence-electron chi connectivity index (χ4n) is 4.31. The molecule has 0 bridgehead atoms. The molecule has 30 heavy (non-hydrogen) atoms. The maximum absolute atomic E-state index is 13.4. The van der Waals surface area contributed by atoms with Crippen molar-refractivity contribution in [2.75, 3.05) is 13.1 Å². The van der Waals surface area contributed by atoms with Gasteiger partial charge in [0.1, 0.15) is 11.8 Å². The van der Waals surface area contributed by atoms with Gasteiger partial charge in [0.25, 0.3) is 5.91 Å². The van der Waals surface area contributed by atoms with Crippen molar-refractivity contribution in [1.82, 2.24) is 10.2 Å². The number of hydrogen-bond donors (Lipinski definition) is 1. The summed E-state index contributed by atoms with van der Waals surface area (Å²) in [7, 11) is 0. The number of halogens is 3. The quantitative estimate of drug-likeness (QED) is 0.827. The number of rotatable bonds is 3. The Labute approximate surface area is 171 Å². The summed E-state index contributed by atoms with van der Waals surface area (Å²) >= 11 is 0. The van der Waals surface area contributed by atoms with E-state index in [0.717, 1.165) is 42.5 Å². The first-order valence-electron chi connectivity index (χ1n) is 9.80. The van der Waals surface area contributed by atoms with Crippen LogP contribution in [0.25, 0.3) is 0 Å². The third-order valence-corrected chi connectivity index (χ3v) is 5.65. The highest BCUT2D eigenvalue weighted by Gasteiger charge is 2.36. The van der Waals surface area contributed by atoms with Crippen molar-refractivity contribution in [3.05, 3.63) is 64.2 Å². The van der Waals surface area contributed by atoms with E-state index in [1.165, 1.54) is 22.6 Å². The highest BCUT2D eigenvalue weighted by molar-refractivity contribution is 6.00. The maximum Gasteiger partial charge on any atom is 0.573 e. The van der Waals surface area contributed by atoms with E-state index in [4.69, 9.17) is 0 Å². The molecule has 1 heterocycles. The van der Waals surface area contributed by atoms with E-state index in [0.29, 0.717) is 24.2 Å². The van der Waals surface area contributed by atoms with Crippen molar-refractivity contribution < 1.29 is 27.5 Å². The molecule has 158 valence electrons. The average molecular weight is 418 g/mol. The largest absolute Gasteiger partial charge is 0.573 e. The Bertz CT molecular complexity index is 986. The number of hydrogen-bond acceptors (Lipinski definition) is 3. The Morgan fingerprint density at radius 2 is 1.80 bits per heavy atom. The number of nitrogens with zero attached hydrogens (tertiary/aromatic N) is 1. The molecule has 2 aromatic rings. The summed E-state index contributed by atoms with van der Waals surface area (Å²) in [4.78, 5) is 27.6. The van der Waals surface area contributed by atoms with Crippen LogP contribution >= 0.6 is 0 Å². The van der Waals surface area contributed by atoms with Crippen LogP contribution in [0.15, 0.2) is 36.4 Å². The number of benzene rings is 2. The Balaban J connectivity index is 1.65. The fourth-order valence-corrected chi connectivity index (χ4v) is 4.31. The minimum Gasteiger partial charge on any atom is -0.406 e. The number of amides is 2. The number of aryl methyl sites for hydroxylation is 1. The smallest absolute Gasteiger partial charge is 0.406 e. The van der Waals surface area contributed by atoms with E-state index in [1.807, 2.05) is 19.1 Å². The first-order valence-corrected chi connectivity index (χ1v) is 9.80. The van der Waals surface area contributed by atoms with E-state index >= 15 is 0 Å². The normalized spacial score (nSPS) is 18.7. The third-order valence-electron chi connectivity index (χ3n) is 5.65. The van der Waals surface area contributed by atoms with Gasteiger partial charge >= 0.3 is 6.36 Å². The molecular formula is C22H21F3N2O3. The topological polar surface area (TPSA) is 58.6 Å². The lowest BCUT2D eigenvalue weighted by Gasteiger charge is -2.36. The third kappa shape index (κ3) is 3.86. The number of carbonyl (C=O) groups is 2. The van der Waals surface area contributed by atoms with Gasteiger partial charge < -0.3 is 15.0 Å². The minimum absolute atomic E-state index is 0.233. The number of carbonyl (C=O) groups excluding carboxylic acids is 2. The fraction of sp³-hybridized carbons (Fsp3) is 0.364. The van der Waals surface area contributed by atoms with Gasteiger partial charge in [0.2, 0.25) is 5.91 Å². The molecule has 5 nitrogen and oxygen atoms in total. The van der Waals surface area contributed by atoms with Gasteiger partial charge in [-0.1, -0.05) is 18.2 Å². The zero-order valence-corrected chi connectivity index (χ0v) is 16.4. The summed E-state index contributed by atoms with van der Waals surface area (Å²) in [6.45, 7) is 2.67. The van der Waals surface area contributed by atoms with E-state index in [-0.39, 0.29) is 17.6 Å². The van der Waals surface area contributed by atoms with Gasteiger partial charge in [0.15, 0.2) is 0 Å². The molecule has 4 rings (SSSR count). The van der Waals surface area contributed by atoms with E-state index in [1.54, 1.807) is 0 Å². The van der Waals surface area contributed by atoms with Crippen molar-refractivity contribution in [2.24, 2.45) is 0 Å². The molecule has 0 radical (unpaired) electrons. The van der Waals surface area contributed by atoms with Gasteiger partial charge in [-0.25, -0.2) is 0 Å². The van der Waals surface area contributed by atoms with Crippen LogP contribution in [0.2, 0.25) is 0 Å². The molecule has 2 aromatic carbocycles. The molecule has 0 saturated carbocycles. The van der Waals surface area contributed by atoms with Gasteiger partial charge in [0, 0.05) is 18.7 Å². The zero-order chi connectivity index (χ0) is 21.5. The van der Waals surface area contributed by atoms with Crippen LogP contribution < -0.4 is 10.1 Å². The minimum atomic E-state index is -4.79. The summed E-state index contributed by atoms with van der Waals surface area (Å²) in [6, 6.07) is 7.90. The molecule has 1 unspecified atom stereocenters. The van der Waals surface area contributed by atoms with Crippen LogP contribution in [0.5, 0.6) is 5.75 Å². The van der Waals surface area contributed by atoms with Crippen LogP contribution in [0, 0.1) is 6.92 Å². The molecule has 0 aromatic heterocycles. The maximum atomic E-state index is 13.4. The number of ether oxygens (including phenoxy) is 1. The van der Waals surface area contributed by atoms with Crippen molar-refractivity contribution >= 4 is 11.8 Å². The number of alkyl halides is 3. The van der Waals surface area contributed by atoms with Gasteiger partial charge in [-0.15, -0.1) is 13.2 Å². The molecule has 2 aliphatic rings. The standard InChI is InChI=1S/C22H21F3N2O3/c1-13-5-10-18(17-4-2-3-16(13)17)21(29)27-12-11-26-20(28)19(27)14-6-8-15(9-7-14)30-22(23,24)25/h5-10,19H,2-4,11-12H2,1H3,(H,26,28). The monoisotopic (exact) mass is 418 g/mol. The number of piperazine rings is 1. The molecule has 8 heteroatoms. The second-order valence-electron chi connectivity index (χ2n) is 7.55. The zero-order valence-electron chi connectivity index (χ0n) is 16.4. The second kappa shape index (κ2) is 7.66. The molecule has 1 atom stereocenters.